The lowest BCUT2D eigenvalue weighted by Crippen LogP contribution is -2.27. The van der Waals surface area contributed by atoms with E-state index in [4.69, 9.17) is 0 Å². The van der Waals surface area contributed by atoms with Crippen molar-refractivity contribution in [2.24, 2.45) is 7.05 Å². The van der Waals surface area contributed by atoms with Crippen LogP contribution in [0, 0.1) is 6.92 Å². The van der Waals surface area contributed by atoms with Gasteiger partial charge in [0.15, 0.2) is 5.69 Å². The van der Waals surface area contributed by atoms with Crippen LogP contribution in [-0.4, -0.2) is 0 Å². The number of aromatic nitrogens is 1. The average molecular weight is 140 g/mol. The normalized spacial score (nSPS) is 9.56. The van der Waals surface area contributed by atoms with E-state index >= 15 is 0 Å². The summed E-state index contributed by atoms with van der Waals surface area (Å²) in [6.07, 6.45) is 1.89. The van der Waals surface area contributed by atoms with Crippen LogP contribution in [0.4, 0.5) is 0 Å². The minimum absolute atomic E-state index is 1.26. The summed E-state index contributed by atoms with van der Waals surface area (Å²) in [4.78, 5) is 1.26. The summed E-state index contributed by atoms with van der Waals surface area (Å²) in [6.45, 7) is 5.79. The van der Waals surface area contributed by atoms with E-state index in [1.165, 1.54) is 10.6 Å². The van der Waals surface area contributed by atoms with Crippen molar-refractivity contribution < 1.29 is 4.57 Å². The first-order valence-corrected chi connectivity index (χ1v) is 3.70. The second kappa shape index (κ2) is 2.31. The van der Waals surface area contributed by atoms with Gasteiger partial charge in [0.25, 0.3) is 0 Å². The summed E-state index contributed by atoms with van der Waals surface area (Å²) in [7, 11) is 2.04. The van der Waals surface area contributed by atoms with Crippen molar-refractivity contribution >= 4 is 17.4 Å². The van der Waals surface area contributed by atoms with Gasteiger partial charge in [0.1, 0.15) is 7.05 Å². The molecule has 48 valence electrons. The smallest absolute Gasteiger partial charge is 0.195 e. The first kappa shape index (κ1) is 6.49. The van der Waals surface area contributed by atoms with Gasteiger partial charge in [0, 0.05) is 6.92 Å². The van der Waals surface area contributed by atoms with E-state index in [-0.39, 0.29) is 0 Å². The van der Waals surface area contributed by atoms with Crippen molar-refractivity contribution in [3.8, 4) is 0 Å². The van der Waals surface area contributed by atoms with Gasteiger partial charge < -0.3 is 0 Å². The van der Waals surface area contributed by atoms with Crippen LogP contribution in [0.2, 0.25) is 0 Å². The molecule has 1 nitrogen and oxygen atoms in total. The Kier molecular flexibility index (Phi) is 1.67. The van der Waals surface area contributed by atoms with Crippen LogP contribution in [-0.2, 0) is 7.05 Å². The predicted octanol–water partition coefficient (Wildman–Crippen LogP) is 1.52. The van der Waals surface area contributed by atoms with E-state index in [1.54, 1.807) is 11.3 Å². The highest BCUT2D eigenvalue weighted by Gasteiger charge is 2.06. The van der Waals surface area contributed by atoms with Crippen LogP contribution in [0.25, 0.3) is 6.08 Å². The molecule has 0 aliphatic carbocycles. The van der Waals surface area contributed by atoms with E-state index in [2.05, 4.69) is 23.6 Å². The maximum Gasteiger partial charge on any atom is 0.225 e. The Bertz CT molecular complexity index is 225. The second-order valence-corrected chi connectivity index (χ2v) is 2.87. The first-order chi connectivity index (χ1) is 4.25. The summed E-state index contributed by atoms with van der Waals surface area (Å²) in [6, 6.07) is 0. The number of thiazole rings is 1. The lowest BCUT2D eigenvalue weighted by molar-refractivity contribution is -0.672. The number of hydrogen-bond donors (Lipinski definition) is 0. The zero-order valence-corrected chi connectivity index (χ0v) is 6.53. The van der Waals surface area contributed by atoms with Crippen LogP contribution >= 0.6 is 11.3 Å². The number of hydrogen-bond acceptors (Lipinski definition) is 1. The molecule has 2 heteroatoms. The summed E-state index contributed by atoms with van der Waals surface area (Å²) in [5.74, 6) is 0. The Hall–Kier alpha value is -0.630. The lowest BCUT2D eigenvalue weighted by Gasteiger charge is -1.81. The molecule has 1 heterocycles. The highest BCUT2D eigenvalue weighted by molar-refractivity contribution is 7.10. The van der Waals surface area contributed by atoms with Gasteiger partial charge in [0.05, 0.1) is 4.88 Å². The fraction of sp³-hybridized carbons (Fsp3) is 0.286. The van der Waals surface area contributed by atoms with Crippen LogP contribution in [0.1, 0.15) is 10.6 Å². The SMILES string of the molecule is C=Cc1sc[n+](C)c1C. The third-order valence-corrected chi connectivity index (χ3v) is 2.55. The van der Waals surface area contributed by atoms with Crippen molar-refractivity contribution in [1.82, 2.24) is 0 Å². The molecule has 1 aromatic rings. The Morgan fingerprint density at radius 2 is 2.44 bits per heavy atom. The molecule has 9 heavy (non-hydrogen) atoms. The molecule has 0 aliphatic rings. The van der Waals surface area contributed by atoms with Gasteiger partial charge in [-0.3, -0.25) is 0 Å². The maximum absolute atomic E-state index is 3.70. The van der Waals surface area contributed by atoms with Gasteiger partial charge in [0.2, 0.25) is 5.51 Å². The highest BCUT2D eigenvalue weighted by atomic mass is 32.1. The van der Waals surface area contributed by atoms with Crippen molar-refractivity contribution in [3.05, 3.63) is 22.7 Å². The zero-order valence-electron chi connectivity index (χ0n) is 5.72. The Morgan fingerprint density at radius 3 is 2.67 bits per heavy atom. The van der Waals surface area contributed by atoms with E-state index in [1.807, 2.05) is 13.1 Å². The molecule has 0 fully saturated rings. The van der Waals surface area contributed by atoms with Gasteiger partial charge in [-0.1, -0.05) is 17.9 Å². The molecular formula is C7H10NS+. The second-order valence-electron chi connectivity index (χ2n) is 1.99. The van der Waals surface area contributed by atoms with Crippen molar-refractivity contribution in [2.45, 2.75) is 6.92 Å². The topological polar surface area (TPSA) is 3.88 Å². The molecular weight excluding hydrogens is 130 g/mol. The standard InChI is InChI=1S/C7H10NS/c1-4-7-6(2)8(3)5-9-7/h4-5H,1H2,2-3H3/q+1. The highest BCUT2D eigenvalue weighted by Crippen LogP contribution is 2.10. The molecule has 0 bridgehead atoms. The van der Waals surface area contributed by atoms with Crippen LogP contribution in [0.5, 0.6) is 0 Å². The largest absolute Gasteiger partial charge is 0.225 e. The third-order valence-electron chi connectivity index (χ3n) is 1.41. The number of rotatable bonds is 1. The molecule has 1 aromatic heterocycles. The van der Waals surface area contributed by atoms with Gasteiger partial charge in [-0.25, -0.2) is 0 Å². The zero-order chi connectivity index (χ0) is 6.85. The molecule has 0 amide bonds. The van der Waals surface area contributed by atoms with E-state index in [9.17, 15) is 0 Å². The quantitative estimate of drug-likeness (QED) is 0.521. The van der Waals surface area contributed by atoms with Crippen molar-refractivity contribution in [1.29, 1.82) is 0 Å². The van der Waals surface area contributed by atoms with Gasteiger partial charge in [-0.2, -0.15) is 4.57 Å². The first-order valence-electron chi connectivity index (χ1n) is 2.82. The Morgan fingerprint density at radius 1 is 1.78 bits per heavy atom. The predicted molar refractivity (Wildman–Crippen MR) is 40.3 cm³/mol. The molecule has 0 spiro atoms. The molecule has 0 unspecified atom stereocenters. The number of nitrogens with zero attached hydrogens (tertiary/aromatic N) is 1. The summed E-state index contributed by atoms with van der Waals surface area (Å²) in [5.41, 5.74) is 3.36. The minimum Gasteiger partial charge on any atom is -0.195 e. The molecule has 0 aliphatic heterocycles. The summed E-state index contributed by atoms with van der Waals surface area (Å²) < 4.78 is 2.10. The van der Waals surface area contributed by atoms with E-state index in [0.717, 1.165) is 0 Å². The van der Waals surface area contributed by atoms with Crippen LogP contribution < -0.4 is 4.57 Å². The molecule has 0 saturated carbocycles. The average Bonchev–Trinajstić information content (AvgIpc) is 2.15. The lowest BCUT2D eigenvalue weighted by atomic mass is 10.4. The fourth-order valence-corrected chi connectivity index (χ4v) is 1.51. The third kappa shape index (κ3) is 1.03. The summed E-state index contributed by atoms with van der Waals surface area (Å²) >= 11 is 1.72. The van der Waals surface area contributed by atoms with Gasteiger partial charge in [-0.15, -0.1) is 0 Å². The maximum atomic E-state index is 3.70. The Labute approximate surface area is 59.3 Å². The number of aryl methyl sites for hydroxylation is 1. The van der Waals surface area contributed by atoms with Gasteiger partial charge >= 0.3 is 0 Å². The molecule has 1 rings (SSSR count). The molecule has 0 aromatic carbocycles. The van der Waals surface area contributed by atoms with Crippen molar-refractivity contribution in [2.75, 3.05) is 0 Å². The van der Waals surface area contributed by atoms with Gasteiger partial charge in [-0.05, 0) is 6.08 Å². The van der Waals surface area contributed by atoms with Crippen LogP contribution in [0.15, 0.2) is 12.1 Å². The van der Waals surface area contributed by atoms with Crippen LogP contribution in [0.3, 0.4) is 0 Å². The minimum atomic E-state index is 1.26. The summed E-state index contributed by atoms with van der Waals surface area (Å²) in [5, 5.41) is 0. The molecule has 0 radical (unpaired) electrons. The van der Waals surface area contributed by atoms with E-state index in [0.29, 0.717) is 0 Å². The molecule has 0 atom stereocenters. The molecule has 0 saturated heterocycles. The van der Waals surface area contributed by atoms with Crippen molar-refractivity contribution in [3.63, 3.8) is 0 Å². The monoisotopic (exact) mass is 140 g/mol. The van der Waals surface area contributed by atoms with E-state index < -0.39 is 0 Å². The molecule has 0 N–H and O–H groups in total. The Balaban J connectivity index is 3.18. The fourth-order valence-electron chi connectivity index (χ4n) is 0.670.